The molecule has 0 spiro atoms. The fourth-order valence-electron chi connectivity index (χ4n) is 0.496. The van der Waals surface area contributed by atoms with Crippen LogP contribution >= 0.6 is 0 Å². The van der Waals surface area contributed by atoms with Crippen LogP contribution in [0.25, 0.3) is 0 Å². The molecule has 0 aromatic heterocycles. The highest BCUT2D eigenvalue weighted by Crippen LogP contribution is 1.91. The van der Waals surface area contributed by atoms with Gasteiger partial charge in [0.2, 0.25) is 0 Å². The van der Waals surface area contributed by atoms with E-state index in [2.05, 4.69) is 0 Å². The standard InChI is InChI=1S/C5H13NO2S/c1-9(8)4-2-3-5(6)7/h5,7H,2-4,6H2,1H3. The largest absolute Gasteiger partial charge is 0.379 e. The second-order valence-corrected chi connectivity index (χ2v) is 3.54. The minimum atomic E-state index is -0.749. The van der Waals surface area contributed by atoms with Crippen molar-refractivity contribution in [1.82, 2.24) is 0 Å². The number of hydrogen-bond acceptors (Lipinski definition) is 3. The Kier molecular flexibility index (Phi) is 4.94. The van der Waals surface area contributed by atoms with Crippen LogP contribution in [0.2, 0.25) is 0 Å². The Balaban J connectivity index is 3.01. The third kappa shape index (κ3) is 8.07. The molecule has 0 heterocycles. The molecule has 4 heteroatoms. The molecule has 0 aromatic carbocycles. The molecule has 0 rings (SSSR count). The van der Waals surface area contributed by atoms with Gasteiger partial charge in [-0.3, -0.25) is 4.21 Å². The van der Waals surface area contributed by atoms with E-state index in [0.717, 1.165) is 6.42 Å². The summed E-state index contributed by atoms with van der Waals surface area (Å²) in [7, 11) is -0.749. The van der Waals surface area contributed by atoms with Crippen LogP contribution < -0.4 is 5.73 Å². The topological polar surface area (TPSA) is 63.3 Å². The summed E-state index contributed by atoms with van der Waals surface area (Å²) < 4.78 is 10.4. The van der Waals surface area contributed by atoms with Crippen molar-refractivity contribution in [1.29, 1.82) is 0 Å². The smallest absolute Gasteiger partial charge is 0.102 e. The maximum Gasteiger partial charge on any atom is 0.102 e. The molecule has 0 aromatic rings. The van der Waals surface area contributed by atoms with E-state index in [0.29, 0.717) is 12.2 Å². The fourth-order valence-corrected chi connectivity index (χ4v) is 1.07. The molecule has 9 heavy (non-hydrogen) atoms. The lowest BCUT2D eigenvalue weighted by molar-refractivity contribution is 0.171. The van der Waals surface area contributed by atoms with Gasteiger partial charge in [-0.15, -0.1) is 0 Å². The van der Waals surface area contributed by atoms with E-state index in [1.54, 1.807) is 6.26 Å². The molecule has 3 N–H and O–H groups in total. The van der Waals surface area contributed by atoms with E-state index in [9.17, 15) is 4.21 Å². The van der Waals surface area contributed by atoms with Gasteiger partial charge in [-0.05, 0) is 12.8 Å². The zero-order chi connectivity index (χ0) is 7.28. The maximum atomic E-state index is 10.4. The Bertz CT molecular complexity index is 95.0. The molecule has 2 atom stereocenters. The Morgan fingerprint density at radius 3 is 2.67 bits per heavy atom. The number of rotatable bonds is 4. The van der Waals surface area contributed by atoms with Crippen molar-refractivity contribution in [3.8, 4) is 0 Å². The van der Waals surface area contributed by atoms with Gasteiger partial charge in [0.25, 0.3) is 0 Å². The fraction of sp³-hybridized carbons (Fsp3) is 1.00. The van der Waals surface area contributed by atoms with Crippen molar-refractivity contribution in [2.24, 2.45) is 5.73 Å². The summed E-state index contributed by atoms with van der Waals surface area (Å²) in [5, 5.41) is 8.54. The molecule has 3 nitrogen and oxygen atoms in total. The van der Waals surface area contributed by atoms with Crippen molar-refractivity contribution in [3.05, 3.63) is 0 Å². The summed E-state index contributed by atoms with van der Waals surface area (Å²) in [6.07, 6.45) is 2.18. The molecule has 0 bridgehead atoms. The Morgan fingerprint density at radius 2 is 2.33 bits per heavy atom. The Labute approximate surface area is 57.7 Å². The quantitative estimate of drug-likeness (QED) is 0.528. The zero-order valence-electron chi connectivity index (χ0n) is 5.54. The molecule has 0 saturated heterocycles. The second kappa shape index (κ2) is 4.90. The maximum absolute atomic E-state index is 10.4. The predicted molar refractivity (Wildman–Crippen MR) is 38.4 cm³/mol. The van der Waals surface area contributed by atoms with Crippen LogP contribution in [0.5, 0.6) is 0 Å². The molecule has 2 unspecified atom stereocenters. The van der Waals surface area contributed by atoms with Gasteiger partial charge < -0.3 is 10.8 Å². The molecule has 0 amide bonds. The van der Waals surface area contributed by atoms with Crippen molar-refractivity contribution < 1.29 is 9.32 Å². The number of aliphatic hydroxyl groups excluding tert-OH is 1. The van der Waals surface area contributed by atoms with Gasteiger partial charge in [0, 0.05) is 22.8 Å². The third-order valence-electron chi connectivity index (χ3n) is 0.932. The van der Waals surface area contributed by atoms with Gasteiger partial charge >= 0.3 is 0 Å². The number of nitrogens with two attached hydrogens (primary N) is 1. The van der Waals surface area contributed by atoms with E-state index in [-0.39, 0.29) is 0 Å². The third-order valence-corrected chi connectivity index (χ3v) is 1.80. The van der Waals surface area contributed by atoms with Crippen molar-refractivity contribution >= 4 is 10.8 Å². The van der Waals surface area contributed by atoms with Crippen LogP contribution in [0, 0.1) is 0 Å². The number of aliphatic hydroxyl groups is 1. The first-order chi connectivity index (χ1) is 4.13. The monoisotopic (exact) mass is 151 g/mol. The van der Waals surface area contributed by atoms with Crippen molar-refractivity contribution in [2.75, 3.05) is 12.0 Å². The molecule has 0 fully saturated rings. The van der Waals surface area contributed by atoms with Gasteiger partial charge in [0.15, 0.2) is 0 Å². The highest BCUT2D eigenvalue weighted by Gasteiger charge is 1.95. The van der Waals surface area contributed by atoms with Crippen LogP contribution in [0.3, 0.4) is 0 Å². The molecule has 0 aliphatic heterocycles. The van der Waals surface area contributed by atoms with Crippen molar-refractivity contribution in [2.45, 2.75) is 19.1 Å². The normalized spacial score (nSPS) is 17.2. The average molecular weight is 151 g/mol. The Morgan fingerprint density at radius 1 is 1.78 bits per heavy atom. The summed E-state index contributed by atoms with van der Waals surface area (Å²) in [6.45, 7) is 0. The lowest BCUT2D eigenvalue weighted by Gasteiger charge is -2.00. The highest BCUT2D eigenvalue weighted by atomic mass is 32.2. The molecule has 56 valence electrons. The highest BCUT2D eigenvalue weighted by molar-refractivity contribution is 7.84. The van der Waals surface area contributed by atoms with Crippen LogP contribution in [0.4, 0.5) is 0 Å². The van der Waals surface area contributed by atoms with Gasteiger partial charge in [-0.25, -0.2) is 0 Å². The first-order valence-corrected chi connectivity index (χ1v) is 4.59. The predicted octanol–water partition coefficient (Wildman–Crippen LogP) is -0.578. The van der Waals surface area contributed by atoms with Crippen LogP contribution in [0.1, 0.15) is 12.8 Å². The molecular weight excluding hydrogens is 138 g/mol. The molecular formula is C5H13NO2S. The molecule has 0 radical (unpaired) electrons. The van der Waals surface area contributed by atoms with Gasteiger partial charge in [-0.2, -0.15) is 0 Å². The summed E-state index contributed by atoms with van der Waals surface area (Å²) in [5.74, 6) is 0.633. The van der Waals surface area contributed by atoms with Crippen molar-refractivity contribution in [3.63, 3.8) is 0 Å². The average Bonchev–Trinajstić information content (AvgIpc) is 1.63. The summed E-state index contributed by atoms with van der Waals surface area (Å²) in [4.78, 5) is 0. The first kappa shape index (κ1) is 9.07. The summed E-state index contributed by atoms with van der Waals surface area (Å²) in [6, 6.07) is 0. The lowest BCUT2D eigenvalue weighted by atomic mass is 10.3. The Hall–Kier alpha value is 0.0700. The molecule has 0 saturated carbocycles. The van der Waals surface area contributed by atoms with E-state index in [4.69, 9.17) is 10.8 Å². The van der Waals surface area contributed by atoms with Crippen LogP contribution in [-0.2, 0) is 10.8 Å². The van der Waals surface area contributed by atoms with E-state index in [1.807, 2.05) is 0 Å². The first-order valence-electron chi connectivity index (χ1n) is 2.86. The number of hydrogen-bond donors (Lipinski definition) is 2. The van der Waals surface area contributed by atoms with Crippen LogP contribution in [-0.4, -0.2) is 27.6 Å². The minimum Gasteiger partial charge on any atom is -0.379 e. The van der Waals surface area contributed by atoms with Crippen LogP contribution in [0.15, 0.2) is 0 Å². The van der Waals surface area contributed by atoms with E-state index < -0.39 is 17.0 Å². The minimum absolute atomic E-state index is 0.541. The zero-order valence-corrected chi connectivity index (χ0v) is 6.36. The van der Waals surface area contributed by atoms with Gasteiger partial charge in [0.1, 0.15) is 6.23 Å². The summed E-state index contributed by atoms with van der Waals surface area (Å²) in [5.41, 5.74) is 5.04. The SMILES string of the molecule is CS(=O)CCCC(N)O. The van der Waals surface area contributed by atoms with E-state index >= 15 is 0 Å². The summed E-state index contributed by atoms with van der Waals surface area (Å²) >= 11 is 0. The lowest BCUT2D eigenvalue weighted by Crippen LogP contribution is -2.18. The second-order valence-electron chi connectivity index (χ2n) is 1.99. The van der Waals surface area contributed by atoms with E-state index in [1.165, 1.54) is 0 Å². The van der Waals surface area contributed by atoms with Gasteiger partial charge in [-0.1, -0.05) is 0 Å². The van der Waals surface area contributed by atoms with Gasteiger partial charge in [0.05, 0.1) is 0 Å². The molecule has 0 aliphatic carbocycles. The molecule has 0 aliphatic rings.